The molecule has 21 heavy (non-hydrogen) atoms. The van der Waals surface area contributed by atoms with E-state index < -0.39 is 0 Å². The van der Waals surface area contributed by atoms with Gasteiger partial charge in [-0.05, 0) is 30.9 Å². The van der Waals surface area contributed by atoms with Crippen molar-refractivity contribution in [2.24, 2.45) is 0 Å². The number of benzene rings is 1. The summed E-state index contributed by atoms with van der Waals surface area (Å²) in [6.07, 6.45) is 16.2. The van der Waals surface area contributed by atoms with Crippen LogP contribution in [-0.4, -0.2) is 12.8 Å². The Morgan fingerprint density at radius 1 is 0.857 bits per heavy atom. The van der Waals surface area contributed by atoms with Crippen LogP contribution in [0.25, 0.3) is 0 Å². The fourth-order valence-electron chi connectivity index (χ4n) is 2.58. The minimum absolute atomic E-state index is 1.11. The molecule has 0 saturated heterocycles. The van der Waals surface area contributed by atoms with Gasteiger partial charge in [-0.25, -0.2) is 0 Å². The van der Waals surface area contributed by atoms with Crippen LogP contribution in [0.2, 0.25) is 0 Å². The van der Waals surface area contributed by atoms with E-state index in [9.17, 15) is 0 Å². The summed E-state index contributed by atoms with van der Waals surface area (Å²) in [7, 11) is 0. The van der Waals surface area contributed by atoms with Gasteiger partial charge in [0.2, 0.25) is 0 Å². The van der Waals surface area contributed by atoms with Crippen LogP contribution < -0.4 is 5.32 Å². The summed E-state index contributed by atoms with van der Waals surface area (Å²) in [5, 5.41) is 3.53. The lowest BCUT2D eigenvalue weighted by atomic mass is 10.1. The van der Waals surface area contributed by atoms with Crippen LogP contribution in [0.1, 0.15) is 71.1 Å². The van der Waals surface area contributed by atoms with Gasteiger partial charge in [-0.1, -0.05) is 70.8 Å². The third kappa shape index (κ3) is 9.84. The summed E-state index contributed by atoms with van der Waals surface area (Å²) < 4.78 is 0. The van der Waals surface area contributed by atoms with Gasteiger partial charge in [0.25, 0.3) is 0 Å². The van der Waals surface area contributed by atoms with Crippen LogP contribution in [0.4, 0.5) is 5.69 Å². The maximum atomic E-state index is 3.53. The van der Waals surface area contributed by atoms with Gasteiger partial charge < -0.3 is 5.32 Å². The van der Waals surface area contributed by atoms with Crippen LogP contribution in [0.3, 0.4) is 0 Å². The second-order valence-corrected chi connectivity index (χ2v) is 6.72. The molecule has 0 spiro atoms. The van der Waals surface area contributed by atoms with Crippen molar-refractivity contribution in [1.29, 1.82) is 0 Å². The van der Waals surface area contributed by atoms with Gasteiger partial charge in [-0.15, -0.1) is 11.8 Å². The van der Waals surface area contributed by atoms with E-state index in [0.29, 0.717) is 0 Å². The molecular formula is C19H33NS. The number of hydrogen-bond donors (Lipinski definition) is 1. The van der Waals surface area contributed by atoms with Crippen LogP contribution >= 0.6 is 11.8 Å². The highest BCUT2D eigenvalue weighted by Gasteiger charge is 1.95. The van der Waals surface area contributed by atoms with E-state index in [1.54, 1.807) is 11.8 Å². The van der Waals surface area contributed by atoms with E-state index in [1.165, 1.54) is 74.8 Å². The van der Waals surface area contributed by atoms with Gasteiger partial charge in [0.15, 0.2) is 0 Å². The first-order valence-electron chi connectivity index (χ1n) is 8.74. The first kappa shape index (κ1) is 18.4. The second kappa shape index (κ2) is 13.1. The summed E-state index contributed by atoms with van der Waals surface area (Å²) >= 11 is 1.80. The van der Waals surface area contributed by atoms with Gasteiger partial charge in [0, 0.05) is 17.1 Å². The van der Waals surface area contributed by atoms with Gasteiger partial charge in [-0.2, -0.15) is 0 Å². The first-order chi connectivity index (χ1) is 10.4. The molecule has 1 aromatic rings. The van der Waals surface area contributed by atoms with Crippen molar-refractivity contribution in [2.45, 2.75) is 76.0 Å². The molecule has 2 heteroatoms. The molecule has 1 N–H and O–H groups in total. The average molecular weight is 308 g/mol. The Morgan fingerprint density at radius 3 is 2.10 bits per heavy atom. The maximum Gasteiger partial charge on any atom is 0.0351 e. The summed E-state index contributed by atoms with van der Waals surface area (Å²) in [5.74, 6) is 0. The lowest BCUT2D eigenvalue weighted by molar-refractivity contribution is 0.560. The Labute approximate surface area is 136 Å². The van der Waals surface area contributed by atoms with Crippen molar-refractivity contribution in [3.8, 4) is 0 Å². The zero-order valence-corrected chi connectivity index (χ0v) is 14.8. The fourth-order valence-corrected chi connectivity index (χ4v) is 3.04. The van der Waals surface area contributed by atoms with Gasteiger partial charge in [-0.3, -0.25) is 0 Å². The molecule has 0 atom stereocenters. The minimum atomic E-state index is 1.11. The lowest BCUT2D eigenvalue weighted by Gasteiger charge is -2.07. The maximum absolute atomic E-state index is 3.53. The first-order valence-corrected chi connectivity index (χ1v) is 9.97. The molecule has 0 heterocycles. The molecule has 120 valence electrons. The Bertz CT molecular complexity index is 351. The van der Waals surface area contributed by atoms with Crippen molar-refractivity contribution in [3.05, 3.63) is 24.3 Å². The van der Waals surface area contributed by atoms with Crippen LogP contribution in [-0.2, 0) is 0 Å². The summed E-state index contributed by atoms with van der Waals surface area (Å²) in [6, 6.07) is 8.69. The van der Waals surface area contributed by atoms with Crippen molar-refractivity contribution < 1.29 is 0 Å². The predicted molar refractivity (Wildman–Crippen MR) is 98.6 cm³/mol. The molecule has 0 unspecified atom stereocenters. The SMILES string of the molecule is CCCCCCCCCCCCNc1cccc(SC)c1. The zero-order valence-electron chi connectivity index (χ0n) is 14.0. The predicted octanol–water partition coefficient (Wildman–Crippen LogP) is 6.74. The number of unbranched alkanes of at least 4 members (excludes halogenated alkanes) is 9. The van der Waals surface area contributed by atoms with Gasteiger partial charge in [0.05, 0.1) is 0 Å². The number of anilines is 1. The third-order valence-electron chi connectivity index (χ3n) is 3.93. The van der Waals surface area contributed by atoms with Crippen LogP contribution in [0, 0.1) is 0 Å². The molecule has 0 bridgehead atoms. The molecule has 0 fully saturated rings. The molecule has 0 saturated carbocycles. The van der Waals surface area contributed by atoms with Gasteiger partial charge >= 0.3 is 0 Å². The smallest absolute Gasteiger partial charge is 0.0351 e. The largest absolute Gasteiger partial charge is 0.385 e. The molecule has 0 amide bonds. The normalized spacial score (nSPS) is 10.8. The number of rotatable bonds is 13. The third-order valence-corrected chi connectivity index (χ3v) is 4.65. The van der Waals surface area contributed by atoms with Crippen molar-refractivity contribution in [2.75, 3.05) is 18.1 Å². The molecule has 1 rings (SSSR count). The van der Waals surface area contributed by atoms with Crippen molar-refractivity contribution in [3.63, 3.8) is 0 Å². The Balaban J connectivity index is 1.90. The van der Waals surface area contributed by atoms with Crippen molar-refractivity contribution >= 4 is 17.4 Å². The molecule has 0 aliphatic carbocycles. The minimum Gasteiger partial charge on any atom is -0.385 e. The molecule has 1 aromatic carbocycles. The monoisotopic (exact) mass is 307 g/mol. The summed E-state index contributed by atoms with van der Waals surface area (Å²) in [6.45, 7) is 3.39. The quantitative estimate of drug-likeness (QED) is 0.320. The highest BCUT2D eigenvalue weighted by atomic mass is 32.2. The van der Waals surface area contributed by atoms with E-state index in [2.05, 4.69) is 42.8 Å². The summed E-state index contributed by atoms with van der Waals surface area (Å²) in [4.78, 5) is 1.34. The second-order valence-electron chi connectivity index (χ2n) is 5.84. The molecule has 0 aromatic heterocycles. The van der Waals surface area contributed by atoms with E-state index in [-0.39, 0.29) is 0 Å². The van der Waals surface area contributed by atoms with E-state index in [0.717, 1.165) is 6.54 Å². The van der Waals surface area contributed by atoms with E-state index in [1.807, 2.05) is 0 Å². The Kier molecular flexibility index (Phi) is 11.5. The van der Waals surface area contributed by atoms with Gasteiger partial charge in [0.1, 0.15) is 0 Å². The molecule has 0 aliphatic rings. The zero-order chi connectivity index (χ0) is 15.2. The number of thioether (sulfide) groups is 1. The number of hydrogen-bond acceptors (Lipinski definition) is 2. The standard InChI is InChI=1S/C19H33NS/c1-3-4-5-6-7-8-9-10-11-12-16-20-18-14-13-15-19(17-18)21-2/h13-15,17,20H,3-12,16H2,1-2H3. The average Bonchev–Trinajstić information content (AvgIpc) is 2.53. The molecule has 0 aliphatic heterocycles. The molecule has 1 nitrogen and oxygen atoms in total. The Hall–Kier alpha value is -0.630. The van der Waals surface area contributed by atoms with E-state index >= 15 is 0 Å². The number of nitrogens with one attached hydrogen (secondary N) is 1. The summed E-state index contributed by atoms with van der Waals surface area (Å²) in [5.41, 5.74) is 1.26. The highest BCUT2D eigenvalue weighted by molar-refractivity contribution is 7.98. The molecular weight excluding hydrogens is 274 g/mol. The lowest BCUT2D eigenvalue weighted by Crippen LogP contribution is -2.01. The Morgan fingerprint density at radius 2 is 1.48 bits per heavy atom. The van der Waals surface area contributed by atoms with Crippen LogP contribution in [0.15, 0.2) is 29.2 Å². The van der Waals surface area contributed by atoms with E-state index in [4.69, 9.17) is 0 Å². The van der Waals surface area contributed by atoms with Crippen LogP contribution in [0.5, 0.6) is 0 Å². The molecule has 0 radical (unpaired) electrons. The van der Waals surface area contributed by atoms with Crippen molar-refractivity contribution in [1.82, 2.24) is 0 Å². The fraction of sp³-hybridized carbons (Fsp3) is 0.684. The topological polar surface area (TPSA) is 12.0 Å². The highest BCUT2D eigenvalue weighted by Crippen LogP contribution is 2.19.